The molecule has 0 aromatic rings. The van der Waals surface area contributed by atoms with Crippen molar-refractivity contribution in [3.63, 3.8) is 0 Å². The number of hydrogen-bond acceptors (Lipinski definition) is 9. The molecule has 0 amide bonds. The summed E-state index contributed by atoms with van der Waals surface area (Å²) in [6, 6.07) is 0. The average Bonchev–Trinajstić information content (AvgIpc) is 1.54. The fourth-order valence-electron chi connectivity index (χ4n) is 0. The van der Waals surface area contributed by atoms with Gasteiger partial charge in [0.2, 0.25) is 0 Å². The van der Waals surface area contributed by atoms with E-state index in [0.717, 1.165) is 0 Å². The first-order valence-corrected chi connectivity index (χ1v) is 5.51. The maximum atomic E-state index is 8.52. The first kappa shape index (κ1) is 42.8. The summed E-state index contributed by atoms with van der Waals surface area (Å²) >= 11 is 0. The molecule has 2 radical (unpaired) electrons. The zero-order valence-corrected chi connectivity index (χ0v) is 22.6. The van der Waals surface area contributed by atoms with E-state index in [1.165, 1.54) is 0 Å². The van der Waals surface area contributed by atoms with Crippen molar-refractivity contribution in [3.8, 4) is 0 Å². The van der Waals surface area contributed by atoms with Gasteiger partial charge in [-0.05, 0) is 0 Å². The van der Waals surface area contributed by atoms with Crippen molar-refractivity contribution >= 4 is 67.1 Å². The summed E-state index contributed by atoms with van der Waals surface area (Å²) in [5.74, 6) is 0. The smallest absolute Gasteiger partial charge is 0.672 e. The standard InChI is InChI=1S/2Ga.2La.3O3Si/c;;;;3*1-4(2)3/q2*+3;;;3*-2. The van der Waals surface area contributed by atoms with E-state index in [2.05, 4.69) is 0 Å². The Labute approximate surface area is 177 Å². The first-order chi connectivity index (χ1) is 5.20. The molecule has 0 bridgehead atoms. The van der Waals surface area contributed by atoms with Gasteiger partial charge in [-0.1, -0.05) is 0 Å². The number of rotatable bonds is 0. The summed E-state index contributed by atoms with van der Waals surface area (Å²) in [6.07, 6.45) is 0. The van der Waals surface area contributed by atoms with Crippen LogP contribution in [0.3, 0.4) is 0 Å². The molecule has 0 heterocycles. The predicted molar refractivity (Wildman–Crippen MR) is 30.8 cm³/mol. The summed E-state index contributed by atoms with van der Waals surface area (Å²) in [4.78, 5) is 51.1. The van der Waals surface area contributed by atoms with E-state index < -0.39 is 27.5 Å². The van der Waals surface area contributed by atoms with Gasteiger partial charge in [0.05, 0.1) is 0 Å². The monoisotopic (exact) mass is 644 g/mol. The van der Waals surface area contributed by atoms with Gasteiger partial charge >= 0.3 is 39.6 Å². The van der Waals surface area contributed by atoms with Crippen molar-refractivity contribution in [2.45, 2.75) is 0 Å². The van der Waals surface area contributed by atoms with E-state index in [0.29, 0.717) is 0 Å². The van der Waals surface area contributed by atoms with E-state index in [9.17, 15) is 0 Å². The van der Waals surface area contributed by atoms with Gasteiger partial charge in [0.25, 0.3) is 0 Å². The van der Waals surface area contributed by atoms with Crippen LogP contribution in [0.15, 0.2) is 0 Å². The van der Waals surface area contributed by atoms with E-state index >= 15 is 0 Å². The number of hydrogen-bond donors (Lipinski definition) is 0. The Morgan fingerprint density at radius 1 is 0.500 bits per heavy atom. The summed E-state index contributed by atoms with van der Waals surface area (Å²) < 4.78 is 25.6. The Morgan fingerprint density at radius 2 is 0.500 bits per heavy atom. The molecule has 0 atom stereocenters. The second-order valence-electron chi connectivity index (χ2n) is 0.750. The third-order valence-corrected chi connectivity index (χ3v) is 0. The summed E-state index contributed by atoms with van der Waals surface area (Å²) in [7, 11) is -10.9. The largest absolute Gasteiger partial charge is 3.00 e. The minimum absolute atomic E-state index is 0. The molecule has 16 heavy (non-hydrogen) atoms. The van der Waals surface area contributed by atoms with Crippen LogP contribution in [0, 0.1) is 71.2 Å². The minimum Gasteiger partial charge on any atom is -0.672 e. The van der Waals surface area contributed by atoms with Crippen molar-refractivity contribution in [2.75, 3.05) is 0 Å². The van der Waals surface area contributed by atoms with Gasteiger partial charge in [0.1, 0.15) is 0 Å². The molecule has 0 saturated carbocycles. The first-order valence-electron chi connectivity index (χ1n) is 1.84. The van der Waals surface area contributed by atoms with Gasteiger partial charge in [-0.2, -0.15) is 0 Å². The minimum atomic E-state index is -3.63. The molecular formula is Ga2La2O9Si3. The second-order valence-corrected chi connectivity index (χ2v) is 2.25. The van der Waals surface area contributed by atoms with Crippen LogP contribution >= 0.6 is 0 Å². The molecule has 0 aromatic carbocycles. The SMILES string of the molecule is O=[Si]([O-])[O-].O=[Si]([O-])[O-].O=[Si]([O-])[O-].[Ga+3].[Ga+3].[La].[La]. The van der Waals surface area contributed by atoms with Crippen molar-refractivity contribution in [3.05, 3.63) is 0 Å². The third-order valence-electron chi connectivity index (χ3n) is 0. The quantitative estimate of drug-likeness (QED) is 0.230. The van der Waals surface area contributed by atoms with Crippen molar-refractivity contribution in [1.29, 1.82) is 0 Å². The van der Waals surface area contributed by atoms with Crippen molar-refractivity contribution in [1.82, 2.24) is 0 Å². The van der Waals surface area contributed by atoms with Crippen LogP contribution in [0.1, 0.15) is 0 Å². The fourth-order valence-corrected chi connectivity index (χ4v) is 0. The molecule has 0 fully saturated rings. The molecule has 0 unspecified atom stereocenters. The average molecular weight is 646 g/mol. The van der Waals surface area contributed by atoms with Gasteiger partial charge < -0.3 is 42.2 Å². The molecule has 0 N–H and O–H groups in total. The summed E-state index contributed by atoms with van der Waals surface area (Å²) in [5.41, 5.74) is 0. The van der Waals surface area contributed by atoms with Gasteiger partial charge in [0, 0.05) is 98.7 Å². The van der Waals surface area contributed by atoms with Crippen LogP contribution in [0.25, 0.3) is 0 Å². The molecule has 9 nitrogen and oxygen atoms in total. The predicted octanol–water partition coefficient (Wildman–Crippen LogP) is -9.39. The van der Waals surface area contributed by atoms with Crippen LogP contribution in [0.4, 0.5) is 0 Å². The fraction of sp³-hybridized carbons (Fsp3) is 0. The Bertz CT molecular complexity index is 124. The van der Waals surface area contributed by atoms with Crippen LogP contribution in [-0.2, 0) is 13.4 Å². The summed E-state index contributed by atoms with van der Waals surface area (Å²) in [6.45, 7) is 0. The van der Waals surface area contributed by atoms with Crippen LogP contribution in [0.5, 0.6) is 0 Å². The molecule has 0 saturated heterocycles. The second kappa shape index (κ2) is 36.0. The van der Waals surface area contributed by atoms with Gasteiger partial charge in [-0.15, -0.1) is 0 Å². The third kappa shape index (κ3) is 629. The maximum Gasteiger partial charge on any atom is 3.00 e. The van der Waals surface area contributed by atoms with Crippen molar-refractivity contribution < 1.29 is 113 Å². The molecule has 0 aliphatic rings. The van der Waals surface area contributed by atoms with Crippen molar-refractivity contribution in [2.24, 2.45) is 0 Å². The zero-order valence-electron chi connectivity index (χ0n) is 7.48. The van der Waals surface area contributed by atoms with E-state index in [-0.39, 0.29) is 111 Å². The Balaban J connectivity index is -0.0000000135. The Hall–Kier alpha value is 2.51. The molecule has 0 aromatic heterocycles. The molecule has 0 aliphatic carbocycles. The molecular weight excluding hydrogens is 646 g/mol. The van der Waals surface area contributed by atoms with Gasteiger partial charge in [-0.25, -0.2) is 0 Å². The van der Waals surface area contributed by atoms with Crippen LogP contribution in [-0.4, -0.2) is 67.1 Å². The normalized spacial score (nSPS) is 4.50. The topological polar surface area (TPSA) is 190 Å². The summed E-state index contributed by atoms with van der Waals surface area (Å²) in [5, 5.41) is 0. The Morgan fingerprint density at radius 3 is 0.500 bits per heavy atom. The zero-order chi connectivity index (χ0) is 10.7. The molecule has 0 aliphatic heterocycles. The van der Waals surface area contributed by atoms with Gasteiger partial charge in [-0.3, -0.25) is 0 Å². The Kier molecular flexibility index (Phi) is 96.5. The molecule has 78 valence electrons. The molecule has 0 rings (SSSR count). The van der Waals surface area contributed by atoms with Gasteiger partial charge in [0.15, 0.2) is 0 Å². The van der Waals surface area contributed by atoms with E-state index in [1.54, 1.807) is 0 Å². The van der Waals surface area contributed by atoms with E-state index in [4.69, 9.17) is 42.2 Å². The van der Waals surface area contributed by atoms with E-state index in [1.807, 2.05) is 0 Å². The van der Waals surface area contributed by atoms with Crippen LogP contribution < -0.4 is 28.8 Å². The maximum absolute atomic E-state index is 8.52. The molecule has 0 spiro atoms. The van der Waals surface area contributed by atoms with Crippen LogP contribution in [0.2, 0.25) is 0 Å². The molecule has 16 heteroatoms.